The standard InChI is InChI=1S/C21H26N6O2/c1-14-5-4-7-25(12-14)19-20-24-27(21(29)26(20)8-6-22-19)13-18(28)23-17-10-15(2)9-16(3)11-17/h6,8-11,14H,4-5,7,12-13H2,1-3H3,(H,23,28). The first-order valence-electron chi connectivity index (χ1n) is 9.98. The van der Waals surface area contributed by atoms with Crippen molar-refractivity contribution in [3.8, 4) is 0 Å². The normalized spacial score (nSPS) is 16.9. The summed E-state index contributed by atoms with van der Waals surface area (Å²) >= 11 is 0. The van der Waals surface area contributed by atoms with Gasteiger partial charge in [0.15, 0.2) is 5.82 Å². The van der Waals surface area contributed by atoms with Gasteiger partial charge in [-0.1, -0.05) is 13.0 Å². The minimum Gasteiger partial charge on any atom is -0.353 e. The summed E-state index contributed by atoms with van der Waals surface area (Å²) in [4.78, 5) is 31.9. The van der Waals surface area contributed by atoms with E-state index in [1.165, 1.54) is 15.5 Å². The van der Waals surface area contributed by atoms with Crippen LogP contribution in [0.2, 0.25) is 0 Å². The Morgan fingerprint density at radius 3 is 2.72 bits per heavy atom. The van der Waals surface area contributed by atoms with Crippen molar-refractivity contribution in [2.45, 2.75) is 40.2 Å². The number of piperidine rings is 1. The molecule has 1 aliphatic heterocycles. The summed E-state index contributed by atoms with van der Waals surface area (Å²) in [6, 6.07) is 5.84. The summed E-state index contributed by atoms with van der Waals surface area (Å²) in [7, 11) is 0. The molecule has 0 spiro atoms. The lowest BCUT2D eigenvalue weighted by Gasteiger charge is -2.31. The van der Waals surface area contributed by atoms with E-state index in [2.05, 4.69) is 27.2 Å². The van der Waals surface area contributed by atoms with E-state index in [1.54, 1.807) is 12.4 Å². The van der Waals surface area contributed by atoms with E-state index in [0.29, 0.717) is 23.1 Å². The minimum atomic E-state index is -0.343. The molecule has 4 rings (SSSR count). The molecule has 1 aliphatic rings. The average Bonchev–Trinajstić information content (AvgIpc) is 2.96. The van der Waals surface area contributed by atoms with E-state index in [4.69, 9.17) is 0 Å². The molecule has 1 amide bonds. The third-order valence-corrected chi connectivity index (χ3v) is 5.24. The highest BCUT2D eigenvalue weighted by atomic mass is 16.2. The Kier molecular flexibility index (Phi) is 5.08. The van der Waals surface area contributed by atoms with Crippen molar-refractivity contribution < 1.29 is 4.79 Å². The van der Waals surface area contributed by atoms with Crippen LogP contribution >= 0.6 is 0 Å². The lowest BCUT2D eigenvalue weighted by molar-refractivity contribution is -0.117. The summed E-state index contributed by atoms with van der Waals surface area (Å²) in [5.74, 6) is 0.981. The largest absolute Gasteiger partial charge is 0.353 e. The predicted molar refractivity (Wildman–Crippen MR) is 112 cm³/mol. The fraction of sp³-hybridized carbons (Fsp3) is 0.429. The van der Waals surface area contributed by atoms with Crippen LogP contribution in [0.15, 0.2) is 35.4 Å². The molecule has 1 N–H and O–H groups in total. The van der Waals surface area contributed by atoms with Crippen molar-refractivity contribution in [1.82, 2.24) is 19.2 Å². The SMILES string of the molecule is Cc1cc(C)cc(NC(=O)Cn2nc3c(N4CCCC(C)C4)nccn3c2=O)c1. The van der Waals surface area contributed by atoms with Gasteiger partial charge in [-0.2, -0.15) is 0 Å². The lowest BCUT2D eigenvalue weighted by atomic mass is 10.0. The van der Waals surface area contributed by atoms with Gasteiger partial charge in [0.1, 0.15) is 6.54 Å². The first-order chi connectivity index (χ1) is 13.9. The predicted octanol–water partition coefficient (Wildman–Crippen LogP) is 2.38. The number of fused-ring (bicyclic) bond motifs is 1. The lowest BCUT2D eigenvalue weighted by Crippen LogP contribution is -2.35. The van der Waals surface area contributed by atoms with Crippen LogP contribution in [-0.2, 0) is 11.3 Å². The number of anilines is 2. The molecule has 1 atom stereocenters. The van der Waals surface area contributed by atoms with Crippen LogP contribution in [0.5, 0.6) is 0 Å². The summed E-state index contributed by atoms with van der Waals surface area (Å²) < 4.78 is 2.66. The summed E-state index contributed by atoms with van der Waals surface area (Å²) in [6.07, 6.45) is 5.50. The number of aryl methyl sites for hydroxylation is 2. The van der Waals surface area contributed by atoms with E-state index < -0.39 is 0 Å². The molecule has 0 saturated carbocycles. The van der Waals surface area contributed by atoms with Gasteiger partial charge in [-0.15, -0.1) is 5.10 Å². The Hall–Kier alpha value is -3.16. The number of aromatic nitrogens is 4. The van der Waals surface area contributed by atoms with Gasteiger partial charge < -0.3 is 10.2 Å². The zero-order valence-corrected chi connectivity index (χ0v) is 17.1. The molecule has 1 saturated heterocycles. The maximum atomic E-state index is 12.8. The van der Waals surface area contributed by atoms with Gasteiger partial charge in [-0.25, -0.2) is 18.9 Å². The summed E-state index contributed by atoms with van der Waals surface area (Å²) in [5.41, 5.74) is 3.00. The Labute approximate surface area is 169 Å². The van der Waals surface area contributed by atoms with E-state index in [0.717, 1.165) is 30.6 Å². The number of hydrogen-bond acceptors (Lipinski definition) is 5. The van der Waals surface area contributed by atoms with Crippen molar-refractivity contribution in [1.29, 1.82) is 0 Å². The van der Waals surface area contributed by atoms with Crippen LogP contribution < -0.4 is 15.9 Å². The fourth-order valence-corrected chi connectivity index (χ4v) is 4.03. The number of amides is 1. The maximum Gasteiger partial charge on any atom is 0.350 e. The molecule has 1 aromatic carbocycles. The molecule has 0 radical (unpaired) electrons. The highest BCUT2D eigenvalue weighted by Crippen LogP contribution is 2.23. The molecule has 3 heterocycles. The zero-order valence-electron chi connectivity index (χ0n) is 17.1. The van der Waals surface area contributed by atoms with E-state index in [1.807, 2.05) is 32.0 Å². The van der Waals surface area contributed by atoms with Gasteiger partial charge >= 0.3 is 5.69 Å². The molecule has 2 aromatic heterocycles. The first kappa shape index (κ1) is 19.2. The van der Waals surface area contributed by atoms with Crippen LogP contribution in [0.1, 0.15) is 30.9 Å². The van der Waals surface area contributed by atoms with Gasteiger partial charge in [-0.05, 0) is 55.9 Å². The third kappa shape index (κ3) is 4.01. The van der Waals surface area contributed by atoms with E-state index in [9.17, 15) is 9.59 Å². The number of carbonyl (C=O) groups excluding carboxylic acids is 1. The molecule has 152 valence electrons. The molecule has 0 aliphatic carbocycles. The molecular formula is C21H26N6O2. The second-order valence-corrected chi connectivity index (χ2v) is 8.00. The van der Waals surface area contributed by atoms with Gasteiger partial charge in [0, 0.05) is 31.2 Å². The first-order valence-corrected chi connectivity index (χ1v) is 9.98. The number of rotatable bonds is 4. The van der Waals surface area contributed by atoms with Crippen LogP contribution in [0, 0.1) is 19.8 Å². The number of nitrogens with zero attached hydrogens (tertiary/aromatic N) is 5. The topological polar surface area (TPSA) is 84.5 Å². The number of carbonyl (C=O) groups is 1. The molecule has 3 aromatic rings. The second-order valence-electron chi connectivity index (χ2n) is 8.00. The number of benzene rings is 1. The van der Waals surface area contributed by atoms with Crippen molar-refractivity contribution >= 4 is 23.1 Å². The van der Waals surface area contributed by atoms with Crippen molar-refractivity contribution in [3.05, 3.63) is 52.2 Å². The maximum absolute atomic E-state index is 12.8. The monoisotopic (exact) mass is 394 g/mol. The van der Waals surface area contributed by atoms with Crippen molar-refractivity contribution in [2.75, 3.05) is 23.3 Å². The van der Waals surface area contributed by atoms with E-state index >= 15 is 0 Å². The summed E-state index contributed by atoms with van der Waals surface area (Å²) in [6.45, 7) is 7.81. The van der Waals surface area contributed by atoms with E-state index in [-0.39, 0.29) is 18.1 Å². The van der Waals surface area contributed by atoms with Gasteiger partial charge in [0.25, 0.3) is 0 Å². The van der Waals surface area contributed by atoms with Crippen LogP contribution in [0.3, 0.4) is 0 Å². The Morgan fingerprint density at radius 2 is 2.00 bits per heavy atom. The van der Waals surface area contributed by atoms with Crippen LogP contribution in [0.25, 0.3) is 5.65 Å². The quantitative estimate of drug-likeness (QED) is 0.734. The molecule has 29 heavy (non-hydrogen) atoms. The Balaban J connectivity index is 1.59. The van der Waals surface area contributed by atoms with Crippen molar-refractivity contribution in [2.24, 2.45) is 5.92 Å². The second kappa shape index (κ2) is 7.69. The number of nitrogens with one attached hydrogen (secondary N) is 1. The molecule has 8 nitrogen and oxygen atoms in total. The third-order valence-electron chi connectivity index (χ3n) is 5.24. The van der Waals surface area contributed by atoms with Gasteiger partial charge in [0.05, 0.1) is 0 Å². The molecular weight excluding hydrogens is 368 g/mol. The minimum absolute atomic E-state index is 0.149. The molecule has 1 unspecified atom stereocenters. The highest BCUT2D eigenvalue weighted by molar-refractivity contribution is 5.90. The zero-order chi connectivity index (χ0) is 20.5. The molecule has 8 heteroatoms. The Morgan fingerprint density at radius 1 is 1.24 bits per heavy atom. The average molecular weight is 394 g/mol. The molecule has 1 fully saturated rings. The van der Waals surface area contributed by atoms with Crippen molar-refractivity contribution in [3.63, 3.8) is 0 Å². The van der Waals surface area contributed by atoms with Gasteiger partial charge in [-0.3, -0.25) is 4.79 Å². The van der Waals surface area contributed by atoms with Gasteiger partial charge in [0.2, 0.25) is 11.6 Å². The smallest absolute Gasteiger partial charge is 0.350 e. The Bertz CT molecular complexity index is 1100. The van der Waals surface area contributed by atoms with Crippen LogP contribution in [-0.4, -0.2) is 38.2 Å². The van der Waals surface area contributed by atoms with Crippen LogP contribution in [0.4, 0.5) is 11.5 Å². The fourth-order valence-electron chi connectivity index (χ4n) is 4.03. The number of hydrogen-bond donors (Lipinski definition) is 1. The summed E-state index contributed by atoms with van der Waals surface area (Å²) in [5, 5.41) is 7.28. The highest BCUT2D eigenvalue weighted by Gasteiger charge is 2.22. The molecule has 0 bridgehead atoms.